The molecule has 0 aliphatic heterocycles. The van der Waals surface area contributed by atoms with Crippen molar-refractivity contribution in [2.75, 3.05) is 0 Å². The fourth-order valence-electron chi connectivity index (χ4n) is 2.67. The average molecular weight is 385 g/mol. The number of nitrogens with one attached hydrogen (secondary N) is 3. The zero-order valence-corrected chi connectivity index (χ0v) is 14.3. The number of hydrogen-bond acceptors (Lipinski definition) is 3. The van der Waals surface area contributed by atoms with E-state index in [0.29, 0.717) is 16.5 Å². The molecule has 27 heavy (non-hydrogen) atoms. The number of aromatic amines is 1. The highest BCUT2D eigenvalue weighted by Gasteiger charge is 2.28. The summed E-state index contributed by atoms with van der Waals surface area (Å²) >= 11 is 0. The number of aliphatic carboxylic acids is 1. The number of carbonyl (C=O) groups is 3. The van der Waals surface area contributed by atoms with Gasteiger partial charge >= 0.3 is 5.97 Å². The number of halogens is 3. The van der Waals surface area contributed by atoms with E-state index in [9.17, 15) is 27.6 Å². The summed E-state index contributed by atoms with van der Waals surface area (Å²) in [7, 11) is 0. The molecule has 1 aromatic carbocycles. The van der Waals surface area contributed by atoms with Gasteiger partial charge in [-0.15, -0.1) is 0 Å². The number of amides is 2. The Morgan fingerprint density at radius 2 is 1.89 bits per heavy atom. The van der Waals surface area contributed by atoms with Crippen molar-refractivity contribution in [3.05, 3.63) is 35.8 Å². The lowest BCUT2D eigenvalue weighted by atomic mass is 10.0. The van der Waals surface area contributed by atoms with Gasteiger partial charge in [-0.25, -0.2) is 18.0 Å². The van der Waals surface area contributed by atoms with Crippen molar-refractivity contribution in [1.82, 2.24) is 15.6 Å². The van der Waals surface area contributed by atoms with E-state index in [1.54, 1.807) is 0 Å². The molecule has 2 aromatic rings. The van der Waals surface area contributed by atoms with Crippen LogP contribution < -0.4 is 10.6 Å². The molecular formula is C17H18F3N3O4. The van der Waals surface area contributed by atoms with Crippen molar-refractivity contribution in [3.63, 3.8) is 0 Å². The Bertz CT molecular complexity index is 853. The highest BCUT2D eigenvalue weighted by atomic mass is 19.3. The quantitative estimate of drug-likeness (QED) is 0.553. The van der Waals surface area contributed by atoms with E-state index < -0.39 is 48.5 Å². The van der Waals surface area contributed by atoms with Crippen LogP contribution in [-0.2, 0) is 20.8 Å². The Balaban J connectivity index is 2.21. The lowest BCUT2D eigenvalue weighted by Crippen LogP contribution is -2.52. The number of carboxylic acid groups (broad SMARTS) is 1. The molecule has 2 rings (SSSR count). The fourth-order valence-corrected chi connectivity index (χ4v) is 2.67. The molecule has 0 saturated carbocycles. The number of aromatic nitrogens is 1. The van der Waals surface area contributed by atoms with E-state index in [1.165, 1.54) is 31.3 Å². The first-order chi connectivity index (χ1) is 12.7. The van der Waals surface area contributed by atoms with Crippen LogP contribution in [0.25, 0.3) is 10.9 Å². The first-order valence-corrected chi connectivity index (χ1v) is 8.01. The zero-order valence-electron chi connectivity index (χ0n) is 14.3. The maximum absolute atomic E-state index is 13.3. The maximum atomic E-state index is 13.3. The van der Waals surface area contributed by atoms with Gasteiger partial charge in [0.2, 0.25) is 18.2 Å². The second kappa shape index (κ2) is 8.56. The minimum atomic E-state index is -2.92. The van der Waals surface area contributed by atoms with E-state index in [0.717, 1.165) is 0 Å². The smallest absolute Gasteiger partial charge is 0.326 e. The molecule has 1 heterocycles. The molecule has 1 aromatic heterocycles. The highest BCUT2D eigenvalue weighted by molar-refractivity contribution is 5.91. The molecule has 0 fully saturated rings. The topological polar surface area (TPSA) is 111 Å². The van der Waals surface area contributed by atoms with Crippen LogP contribution in [0.2, 0.25) is 0 Å². The van der Waals surface area contributed by atoms with Gasteiger partial charge in [0.25, 0.3) is 0 Å². The van der Waals surface area contributed by atoms with E-state index in [-0.39, 0.29) is 6.42 Å². The summed E-state index contributed by atoms with van der Waals surface area (Å²) in [5.74, 6) is -3.52. The zero-order chi connectivity index (χ0) is 20.1. The third-order valence-electron chi connectivity index (χ3n) is 3.88. The van der Waals surface area contributed by atoms with Crippen LogP contribution >= 0.6 is 0 Å². The Hall–Kier alpha value is -3.04. The van der Waals surface area contributed by atoms with E-state index >= 15 is 0 Å². The number of rotatable bonds is 8. The van der Waals surface area contributed by atoms with Gasteiger partial charge in [0.05, 0.1) is 0 Å². The van der Waals surface area contributed by atoms with Crippen molar-refractivity contribution in [2.45, 2.75) is 38.3 Å². The fraction of sp³-hybridized carbons (Fsp3) is 0.353. The van der Waals surface area contributed by atoms with Crippen molar-refractivity contribution in [1.29, 1.82) is 0 Å². The number of carboxylic acids is 1. The molecule has 7 nitrogen and oxygen atoms in total. The summed E-state index contributed by atoms with van der Waals surface area (Å²) < 4.78 is 38.3. The SMILES string of the molecule is CC(=O)NC(Cc1c[nH]c2cc(F)ccc12)C(=O)NC(CC(F)F)C(=O)O. The molecule has 2 atom stereocenters. The largest absolute Gasteiger partial charge is 0.480 e. The van der Waals surface area contributed by atoms with Crippen molar-refractivity contribution in [3.8, 4) is 0 Å². The normalized spacial score (nSPS) is 13.4. The molecule has 0 saturated heterocycles. The molecular weight excluding hydrogens is 367 g/mol. The summed E-state index contributed by atoms with van der Waals surface area (Å²) in [6.07, 6.45) is -2.49. The maximum Gasteiger partial charge on any atom is 0.326 e. The molecule has 0 spiro atoms. The van der Waals surface area contributed by atoms with Gasteiger partial charge < -0.3 is 20.7 Å². The van der Waals surface area contributed by atoms with Gasteiger partial charge in [0.15, 0.2) is 0 Å². The molecule has 146 valence electrons. The molecule has 10 heteroatoms. The van der Waals surface area contributed by atoms with Crippen LogP contribution in [0.4, 0.5) is 13.2 Å². The van der Waals surface area contributed by atoms with Gasteiger partial charge in [-0.2, -0.15) is 0 Å². The van der Waals surface area contributed by atoms with Crippen LogP contribution in [0, 0.1) is 5.82 Å². The van der Waals surface area contributed by atoms with Crippen molar-refractivity contribution in [2.24, 2.45) is 0 Å². The monoisotopic (exact) mass is 385 g/mol. The predicted molar refractivity (Wildman–Crippen MR) is 89.8 cm³/mol. The Labute approximate surface area is 151 Å². The summed E-state index contributed by atoms with van der Waals surface area (Å²) in [5.41, 5.74) is 1.05. The minimum Gasteiger partial charge on any atom is -0.480 e. The summed E-state index contributed by atoms with van der Waals surface area (Å²) in [5, 5.41) is 14.0. The van der Waals surface area contributed by atoms with Crippen LogP contribution in [-0.4, -0.2) is 46.4 Å². The van der Waals surface area contributed by atoms with Gasteiger partial charge in [-0.3, -0.25) is 9.59 Å². The Morgan fingerprint density at radius 3 is 2.48 bits per heavy atom. The van der Waals surface area contributed by atoms with Gasteiger partial charge in [-0.05, 0) is 23.8 Å². The standard InChI is InChI=1S/C17H18F3N3O4/c1-8(24)22-13(16(25)23-14(17(26)27)6-15(19)20)4-9-7-21-12-5-10(18)2-3-11(9)12/h2-3,5,7,13-15,21H,4,6H2,1H3,(H,22,24)(H,23,25)(H,26,27). The molecule has 2 amide bonds. The summed E-state index contributed by atoms with van der Waals surface area (Å²) in [6.45, 7) is 1.17. The third kappa shape index (κ3) is 5.47. The molecule has 0 aliphatic rings. The average Bonchev–Trinajstić information content (AvgIpc) is 2.94. The highest BCUT2D eigenvalue weighted by Crippen LogP contribution is 2.20. The number of hydrogen-bond donors (Lipinski definition) is 4. The second-order valence-electron chi connectivity index (χ2n) is 5.99. The number of H-pyrrole nitrogens is 1. The lowest BCUT2D eigenvalue weighted by molar-refractivity contribution is -0.143. The Morgan fingerprint density at radius 1 is 1.19 bits per heavy atom. The summed E-state index contributed by atoms with van der Waals surface area (Å²) in [4.78, 5) is 37.7. The molecule has 0 radical (unpaired) electrons. The van der Waals surface area contributed by atoms with Crippen molar-refractivity contribution < 1.29 is 32.7 Å². The van der Waals surface area contributed by atoms with Crippen LogP contribution in [0.3, 0.4) is 0 Å². The lowest BCUT2D eigenvalue weighted by Gasteiger charge is -2.20. The molecule has 0 aliphatic carbocycles. The van der Waals surface area contributed by atoms with Crippen LogP contribution in [0.5, 0.6) is 0 Å². The van der Waals surface area contributed by atoms with Gasteiger partial charge in [0.1, 0.15) is 17.9 Å². The molecule has 2 unspecified atom stereocenters. The van der Waals surface area contributed by atoms with E-state index in [1.807, 2.05) is 5.32 Å². The number of fused-ring (bicyclic) bond motifs is 1. The van der Waals surface area contributed by atoms with Crippen LogP contribution in [0.15, 0.2) is 24.4 Å². The minimum absolute atomic E-state index is 0.0436. The predicted octanol–water partition coefficient (Wildman–Crippen LogP) is 1.58. The first-order valence-electron chi connectivity index (χ1n) is 8.01. The first kappa shape index (κ1) is 20.3. The number of alkyl halides is 2. The van der Waals surface area contributed by atoms with E-state index in [4.69, 9.17) is 5.11 Å². The number of benzene rings is 1. The van der Waals surface area contributed by atoms with Gasteiger partial charge in [-0.1, -0.05) is 0 Å². The molecule has 0 bridgehead atoms. The van der Waals surface area contributed by atoms with E-state index in [2.05, 4.69) is 10.3 Å². The molecule has 4 N–H and O–H groups in total. The number of carbonyl (C=O) groups excluding carboxylic acids is 2. The van der Waals surface area contributed by atoms with Gasteiger partial charge in [0, 0.05) is 36.9 Å². The van der Waals surface area contributed by atoms with Crippen molar-refractivity contribution >= 4 is 28.7 Å². The Kier molecular flexibility index (Phi) is 6.43. The summed E-state index contributed by atoms with van der Waals surface area (Å²) in [6, 6.07) is 1.01. The second-order valence-corrected chi connectivity index (χ2v) is 5.99. The van der Waals surface area contributed by atoms with Crippen LogP contribution in [0.1, 0.15) is 18.9 Å². The third-order valence-corrected chi connectivity index (χ3v) is 3.88.